The first-order valence-electron chi connectivity index (χ1n) is 5.75. The molecule has 2 aromatic carbocycles. The minimum atomic E-state index is -1.11. The molecule has 0 amide bonds. The van der Waals surface area contributed by atoms with E-state index in [0.29, 0.717) is 11.4 Å². The fourth-order valence-corrected chi connectivity index (χ4v) is 1.75. The number of aromatic carboxylic acids is 1. The molecular weight excluding hydrogens is 263 g/mol. The van der Waals surface area contributed by atoms with Crippen molar-refractivity contribution in [3.8, 4) is 5.75 Å². The third-order valence-corrected chi connectivity index (χ3v) is 2.77. The maximum Gasteiger partial charge on any atom is 0.337 e. The van der Waals surface area contributed by atoms with Gasteiger partial charge in [0, 0.05) is 11.8 Å². The molecule has 4 N–H and O–H groups in total. The van der Waals surface area contributed by atoms with E-state index in [-0.39, 0.29) is 17.0 Å². The second-order valence-corrected chi connectivity index (χ2v) is 4.05. The molecule has 0 aliphatic rings. The summed E-state index contributed by atoms with van der Waals surface area (Å²) in [4.78, 5) is 11.0. The molecule has 0 atom stereocenters. The van der Waals surface area contributed by atoms with Crippen LogP contribution in [-0.2, 0) is 0 Å². The van der Waals surface area contributed by atoms with Crippen molar-refractivity contribution in [2.45, 2.75) is 0 Å². The number of halogens is 1. The summed E-state index contributed by atoms with van der Waals surface area (Å²) < 4.78 is 18.2. The highest BCUT2D eigenvalue weighted by Gasteiger charge is 2.11. The number of carboxylic acid groups (broad SMARTS) is 1. The molecule has 0 aliphatic carbocycles. The molecule has 20 heavy (non-hydrogen) atoms. The standard InChI is InChI=1S/C14H13FN2O3/c1-20-12-7-8(5-6-10(12)15)17-11-4-2-3-9(13(11)16)14(18)19/h2-7,17H,16H2,1H3,(H,18,19). The summed E-state index contributed by atoms with van der Waals surface area (Å²) in [5, 5.41) is 11.9. The molecule has 0 aliphatic heterocycles. The number of methoxy groups -OCH3 is 1. The highest BCUT2D eigenvalue weighted by molar-refractivity contribution is 5.97. The largest absolute Gasteiger partial charge is 0.494 e. The van der Waals surface area contributed by atoms with Crippen LogP contribution in [0.15, 0.2) is 36.4 Å². The van der Waals surface area contributed by atoms with Gasteiger partial charge in [0.05, 0.1) is 24.0 Å². The molecule has 0 fully saturated rings. The van der Waals surface area contributed by atoms with E-state index in [2.05, 4.69) is 5.32 Å². The fourth-order valence-electron chi connectivity index (χ4n) is 1.75. The number of carboxylic acids is 1. The SMILES string of the molecule is COc1cc(Nc2cccc(C(=O)O)c2N)ccc1F. The van der Waals surface area contributed by atoms with E-state index in [1.165, 1.54) is 31.4 Å². The van der Waals surface area contributed by atoms with Crippen LogP contribution in [0.2, 0.25) is 0 Å². The number of benzene rings is 2. The van der Waals surface area contributed by atoms with Crippen LogP contribution in [0.25, 0.3) is 0 Å². The summed E-state index contributed by atoms with van der Waals surface area (Å²) in [5.74, 6) is -1.50. The Morgan fingerprint density at radius 3 is 2.75 bits per heavy atom. The van der Waals surface area contributed by atoms with Crippen molar-refractivity contribution >= 4 is 23.0 Å². The summed E-state index contributed by atoms with van der Waals surface area (Å²) in [6, 6.07) is 8.83. The van der Waals surface area contributed by atoms with Gasteiger partial charge in [0.2, 0.25) is 0 Å². The number of hydrogen-bond donors (Lipinski definition) is 3. The van der Waals surface area contributed by atoms with E-state index in [4.69, 9.17) is 15.6 Å². The van der Waals surface area contributed by atoms with E-state index in [0.717, 1.165) is 0 Å². The Bertz CT molecular complexity index is 659. The monoisotopic (exact) mass is 276 g/mol. The number of ether oxygens (including phenoxy) is 1. The van der Waals surface area contributed by atoms with Gasteiger partial charge >= 0.3 is 5.97 Å². The van der Waals surface area contributed by atoms with Crippen LogP contribution in [0.3, 0.4) is 0 Å². The Kier molecular flexibility index (Phi) is 3.74. The normalized spacial score (nSPS) is 10.1. The zero-order valence-corrected chi connectivity index (χ0v) is 10.7. The molecule has 0 saturated heterocycles. The molecule has 5 nitrogen and oxygen atoms in total. The van der Waals surface area contributed by atoms with Gasteiger partial charge in [-0.3, -0.25) is 0 Å². The third-order valence-electron chi connectivity index (χ3n) is 2.77. The Labute approximate surface area is 114 Å². The second kappa shape index (κ2) is 5.48. The first-order valence-corrected chi connectivity index (χ1v) is 5.75. The van der Waals surface area contributed by atoms with Gasteiger partial charge in [0.25, 0.3) is 0 Å². The highest BCUT2D eigenvalue weighted by Crippen LogP contribution is 2.29. The number of nitrogen functional groups attached to an aromatic ring is 1. The van der Waals surface area contributed by atoms with Crippen LogP contribution in [0, 0.1) is 5.82 Å². The predicted molar refractivity (Wildman–Crippen MR) is 74.0 cm³/mol. The number of hydrogen-bond acceptors (Lipinski definition) is 4. The fraction of sp³-hybridized carbons (Fsp3) is 0.0714. The van der Waals surface area contributed by atoms with E-state index in [1.807, 2.05) is 0 Å². The van der Waals surface area contributed by atoms with Gasteiger partial charge in [0.15, 0.2) is 11.6 Å². The Balaban J connectivity index is 2.35. The summed E-state index contributed by atoms with van der Waals surface area (Å²) >= 11 is 0. The quantitative estimate of drug-likeness (QED) is 0.748. The van der Waals surface area contributed by atoms with Crippen molar-refractivity contribution in [3.63, 3.8) is 0 Å². The lowest BCUT2D eigenvalue weighted by atomic mass is 10.1. The molecule has 0 unspecified atom stereocenters. The number of carbonyl (C=O) groups is 1. The Hall–Kier alpha value is -2.76. The topological polar surface area (TPSA) is 84.6 Å². The molecule has 104 valence electrons. The lowest BCUT2D eigenvalue weighted by Crippen LogP contribution is -2.05. The van der Waals surface area contributed by atoms with Crippen molar-refractivity contribution in [2.24, 2.45) is 0 Å². The summed E-state index contributed by atoms with van der Waals surface area (Å²) in [6.07, 6.45) is 0. The molecule has 0 bridgehead atoms. The first kappa shape index (κ1) is 13.7. The molecule has 2 aromatic rings. The van der Waals surface area contributed by atoms with Crippen LogP contribution in [-0.4, -0.2) is 18.2 Å². The number of anilines is 3. The van der Waals surface area contributed by atoms with Crippen LogP contribution >= 0.6 is 0 Å². The zero-order valence-electron chi connectivity index (χ0n) is 10.7. The number of para-hydroxylation sites is 1. The van der Waals surface area contributed by atoms with Crippen molar-refractivity contribution in [1.29, 1.82) is 0 Å². The summed E-state index contributed by atoms with van der Waals surface area (Å²) in [7, 11) is 1.36. The van der Waals surface area contributed by atoms with Crippen LogP contribution < -0.4 is 15.8 Å². The van der Waals surface area contributed by atoms with Crippen LogP contribution in [0.4, 0.5) is 21.5 Å². The van der Waals surface area contributed by atoms with E-state index in [1.54, 1.807) is 12.1 Å². The smallest absolute Gasteiger partial charge is 0.337 e. The maximum atomic E-state index is 13.3. The number of nitrogens with two attached hydrogens (primary N) is 1. The molecular formula is C14H13FN2O3. The minimum absolute atomic E-state index is 0.00377. The molecule has 6 heteroatoms. The Morgan fingerprint density at radius 1 is 1.35 bits per heavy atom. The minimum Gasteiger partial charge on any atom is -0.494 e. The van der Waals surface area contributed by atoms with Crippen molar-refractivity contribution < 1.29 is 19.0 Å². The molecule has 0 spiro atoms. The van der Waals surface area contributed by atoms with Gasteiger partial charge in [-0.05, 0) is 24.3 Å². The zero-order chi connectivity index (χ0) is 14.7. The number of nitrogens with one attached hydrogen (secondary N) is 1. The predicted octanol–water partition coefficient (Wildman–Crippen LogP) is 2.86. The average molecular weight is 276 g/mol. The van der Waals surface area contributed by atoms with E-state index >= 15 is 0 Å². The van der Waals surface area contributed by atoms with Gasteiger partial charge in [-0.2, -0.15) is 0 Å². The van der Waals surface area contributed by atoms with Gasteiger partial charge < -0.3 is 20.9 Å². The van der Waals surface area contributed by atoms with Crippen LogP contribution in [0.5, 0.6) is 5.75 Å². The van der Waals surface area contributed by atoms with Gasteiger partial charge in [0.1, 0.15) is 0 Å². The molecule has 2 rings (SSSR count). The van der Waals surface area contributed by atoms with Gasteiger partial charge in [-0.1, -0.05) is 6.07 Å². The van der Waals surface area contributed by atoms with E-state index in [9.17, 15) is 9.18 Å². The molecule has 0 heterocycles. The molecule has 0 radical (unpaired) electrons. The van der Waals surface area contributed by atoms with Crippen molar-refractivity contribution in [3.05, 3.63) is 47.8 Å². The van der Waals surface area contributed by atoms with Gasteiger partial charge in [-0.15, -0.1) is 0 Å². The van der Waals surface area contributed by atoms with Crippen molar-refractivity contribution in [1.82, 2.24) is 0 Å². The third kappa shape index (κ3) is 2.64. The molecule has 0 saturated carbocycles. The van der Waals surface area contributed by atoms with E-state index < -0.39 is 11.8 Å². The summed E-state index contributed by atoms with van der Waals surface area (Å²) in [5.41, 5.74) is 6.87. The Morgan fingerprint density at radius 2 is 2.10 bits per heavy atom. The van der Waals surface area contributed by atoms with Crippen LogP contribution in [0.1, 0.15) is 10.4 Å². The first-order chi connectivity index (χ1) is 9.52. The summed E-state index contributed by atoms with van der Waals surface area (Å²) in [6.45, 7) is 0. The molecule has 0 aromatic heterocycles. The highest BCUT2D eigenvalue weighted by atomic mass is 19.1. The average Bonchev–Trinajstić information content (AvgIpc) is 2.42. The second-order valence-electron chi connectivity index (χ2n) is 4.05. The lowest BCUT2D eigenvalue weighted by molar-refractivity contribution is 0.0698. The maximum absolute atomic E-state index is 13.3. The number of rotatable bonds is 4. The van der Waals surface area contributed by atoms with Gasteiger partial charge in [-0.25, -0.2) is 9.18 Å². The van der Waals surface area contributed by atoms with Crippen molar-refractivity contribution in [2.75, 3.05) is 18.2 Å². The lowest BCUT2D eigenvalue weighted by Gasteiger charge is -2.12.